The Kier molecular flexibility index (Phi) is 3.88. The molecule has 0 aliphatic heterocycles. The summed E-state index contributed by atoms with van der Waals surface area (Å²) in [6, 6.07) is 4.85. The lowest BCUT2D eigenvalue weighted by molar-refractivity contribution is -0.148. The number of benzene rings is 1. The summed E-state index contributed by atoms with van der Waals surface area (Å²) in [5.74, 6) is -1.27. The normalized spacial score (nSPS) is 9.62. The summed E-state index contributed by atoms with van der Waals surface area (Å²) >= 11 is 0. The zero-order valence-corrected chi connectivity index (χ0v) is 9.02. The second-order valence-electron chi connectivity index (χ2n) is 3.13. The van der Waals surface area contributed by atoms with Crippen molar-refractivity contribution >= 4 is 11.8 Å². The molecule has 86 valence electrons. The van der Waals surface area contributed by atoms with E-state index in [4.69, 9.17) is 14.6 Å². The second kappa shape index (κ2) is 5.16. The minimum Gasteiger partial charge on any atom is -0.497 e. The third-order valence-corrected chi connectivity index (χ3v) is 2.01. The Morgan fingerprint density at radius 1 is 1.12 bits per heavy atom. The molecule has 0 spiro atoms. The van der Waals surface area contributed by atoms with Crippen LogP contribution in [0.5, 0.6) is 11.5 Å². The first-order valence-corrected chi connectivity index (χ1v) is 4.55. The van der Waals surface area contributed by atoms with Gasteiger partial charge in [-0.2, -0.15) is 0 Å². The van der Waals surface area contributed by atoms with Crippen LogP contribution in [0.25, 0.3) is 0 Å². The summed E-state index contributed by atoms with van der Waals surface area (Å²) in [5.41, 5.74) is 0.545. The number of carbonyl (C=O) groups is 2. The van der Waals surface area contributed by atoms with Gasteiger partial charge in [0.2, 0.25) is 5.78 Å². The van der Waals surface area contributed by atoms with Gasteiger partial charge in [-0.05, 0) is 17.7 Å². The third kappa shape index (κ3) is 2.98. The predicted octanol–water partition coefficient (Wildman–Crippen LogP) is 0.900. The van der Waals surface area contributed by atoms with Gasteiger partial charge < -0.3 is 14.6 Å². The fourth-order valence-corrected chi connectivity index (χ4v) is 1.23. The Hall–Kier alpha value is -2.04. The van der Waals surface area contributed by atoms with E-state index in [0.717, 1.165) is 0 Å². The number of carbonyl (C=O) groups excluding carboxylic acids is 1. The van der Waals surface area contributed by atoms with Gasteiger partial charge in [-0.25, -0.2) is 4.79 Å². The molecule has 0 bridgehead atoms. The van der Waals surface area contributed by atoms with E-state index < -0.39 is 11.8 Å². The highest BCUT2D eigenvalue weighted by Gasteiger charge is 2.13. The Bertz CT molecular complexity index is 389. The van der Waals surface area contributed by atoms with Gasteiger partial charge >= 0.3 is 5.97 Å². The lowest BCUT2D eigenvalue weighted by atomic mass is 10.1. The minimum absolute atomic E-state index is 0.178. The Morgan fingerprint density at radius 2 is 1.62 bits per heavy atom. The first-order chi connectivity index (χ1) is 7.56. The molecule has 1 aromatic carbocycles. The summed E-state index contributed by atoms with van der Waals surface area (Å²) in [7, 11) is 2.97. The number of rotatable bonds is 5. The molecular weight excluding hydrogens is 212 g/mol. The maximum atomic E-state index is 11.0. The lowest BCUT2D eigenvalue weighted by Gasteiger charge is -2.07. The van der Waals surface area contributed by atoms with Crippen molar-refractivity contribution in [3.63, 3.8) is 0 Å². The first kappa shape index (κ1) is 12.0. The monoisotopic (exact) mass is 224 g/mol. The average Bonchev–Trinajstić information content (AvgIpc) is 2.28. The van der Waals surface area contributed by atoms with Crippen LogP contribution < -0.4 is 9.47 Å². The van der Waals surface area contributed by atoms with E-state index in [1.165, 1.54) is 14.2 Å². The van der Waals surface area contributed by atoms with Gasteiger partial charge in [-0.1, -0.05) is 0 Å². The van der Waals surface area contributed by atoms with Crippen molar-refractivity contribution in [2.45, 2.75) is 6.42 Å². The molecule has 5 heteroatoms. The van der Waals surface area contributed by atoms with Crippen molar-refractivity contribution < 1.29 is 24.2 Å². The van der Waals surface area contributed by atoms with Crippen LogP contribution in [0.4, 0.5) is 0 Å². The van der Waals surface area contributed by atoms with Crippen LogP contribution in [0.1, 0.15) is 5.56 Å². The third-order valence-electron chi connectivity index (χ3n) is 2.01. The fraction of sp³-hybridized carbons (Fsp3) is 0.273. The van der Waals surface area contributed by atoms with Crippen LogP contribution in [-0.2, 0) is 16.0 Å². The lowest BCUT2D eigenvalue weighted by Crippen LogP contribution is -2.15. The molecule has 1 rings (SSSR count). The summed E-state index contributed by atoms with van der Waals surface area (Å²) in [6.45, 7) is 0. The zero-order chi connectivity index (χ0) is 12.1. The van der Waals surface area contributed by atoms with E-state index in [2.05, 4.69) is 0 Å². The number of carboxylic acids is 1. The highest BCUT2D eigenvalue weighted by atomic mass is 16.5. The molecule has 1 aromatic rings. The van der Waals surface area contributed by atoms with Crippen LogP contribution in [0.3, 0.4) is 0 Å². The van der Waals surface area contributed by atoms with Crippen molar-refractivity contribution in [1.29, 1.82) is 0 Å². The molecule has 0 amide bonds. The van der Waals surface area contributed by atoms with Crippen molar-refractivity contribution in [1.82, 2.24) is 0 Å². The van der Waals surface area contributed by atoms with E-state index in [1.807, 2.05) is 0 Å². The molecule has 0 fully saturated rings. The van der Waals surface area contributed by atoms with Gasteiger partial charge in [0.05, 0.1) is 14.2 Å². The van der Waals surface area contributed by atoms with Gasteiger partial charge in [0.25, 0.3) is 0 Å². The first-order valence-electron chi connectivity index (χ1n) is 4.55. The highest BCUT2D eigenvalue weighted by molar-refractivity contribution is 6.33. The van der Waals surface area contributed by atoms with Crippen LogP contribution in [-0.4, -0.2) is 31.1 Å². The van der Waals surface area contributed by atoms with Crippen molar-refractivity contribution in [3.8, 4) is 11.5 Å². The number of Topliss-reactive ketones (excluding diaryl/α,β-unsaturated/α-hetero) is 1. The topological polar surface area (TPSA) is 72.8 Å². The van der Waals surface area contributed by atoms with E-state index >= 15 is 0 Å². The van der Waals surface area contributed by atoms with Crippen molar-refractivity contribution in [2.24, 2.45) is 0 Å². The van der Waals surface area contributed by atoms with Crippen LogP contribution in [0, 0.1) is 0 Å². The Morgan fingerprint density at radius 3 is 2.00 bits per heavy atom. The maximum absolute atomic E-state index is 11.0. The number of methoxy groups -OCH3 is 2. The molecule has 0 atom stereocenters. The standard InChI is InChI=1S/C11H12O5/c1-15-8-3-7(4-9(6-8)16-2)5-10(12)11(13)14/h3-4,6H,5H2,1-2H3,(H,13,14). The van der Waals surface area contributed by atoms with Gasteiger partial charge in [0, 0.05) is 12.5 Å². The smallest absolute Gasteiger partial charge is 0.372 e. The predicted molar refractivity (Wildman–Crippen MR) is 55.9 cm³/mol. The number of ketones is 1. The number of aliphatic carboxylic acids is 1. The summed E-state index contributed by atoms with van der Waals surface area (Å²) in [5, 5.41) is 8.48. The Balaban J connectivity index is 2.95. The average molecular weight is 224 g/mol. The molecule has 5 nitrogen and oxygen atoms in total. The van der Waals surface area contributed by atoms with E-state index in [-0.39, 0.29) is 6.42 Å². The highest BCUT2D eigenvalue weighted by Crippen LogP contribution is 2.22. The molecule has 0 aliphatic carbocycles. The molecule has 0 radical (unpaired) electrons. The van der Waals surface area contributed by atoms with Gasteiger partial charge in [0.1, 0.15) is 11.5 Å². The number of hydrogen-bond donors (Lipinski definition) is 1. The molecule has 0 aromatic heterocycles. The summed E-state index contributed by atoms with van der Waals surface area (Å²) in [4.78, 5) is 21.4. The molecule has 0 unspecified atom stereocenters. The molecule has 0 saturated carbocycles. The van der Waals surface area contributed by atoms with Crippen LogP contribution in [0.15, 0.2) is 18.2 Å². The SMILES string of the molecule is COc1cc(CC(=O)C(=O)O)cc(OC)c1. The zero-order valence-electron chi connectivity index (χ0n) is 9.02. The van der Waals surface area contributed by atoms with E-state index in [1.54, 1.807) is 18.2 Å². The largest absolute Gasteiger partial charge is 0.497 e. The van der Waals surface area contributed by atoms with E-state index in [9.17, 15) is 9.59 Å². The fourth-order valence-electron chi connectivity index (χ4n) is 1.23. The Labute approximate surface area is 92.6 Å². The van der Waals surface area contributed by atoms with Gasteiger partial charge in [-0.3, -0.25) is 4.79 Å². The van der Waals surface area contributed by atoms with Crippen LogP contribution in [0.2, 0.25) is 0 Å². The van der Waals surface area contributed by atoms with Crippen molar-refractivity contribution in [2.75, 3.05) is 14.2 Å². The van der Waals surface area contributed by atoms with Crippen molar-refractivity contribution in [3.05, 3.63) is 23.8 Å². The summed E-state index contributed by atoms with van der Waals surface area (Å²) in [6.07, 6.45) is -0.178. The van der Waals surface area contributed by atoms with E-state index in [0.29, 0.717) is 17.1 Å². The minimum atomic E-state index is -1.44. The maximum Gasteiger partial charge on any atom is 0.372 e. The molecule has 1 N–H and O–H groups in total. The number of hydrogen-bond acceptors (Lipinski definition) is 4. The second-order valence-corrected chi connectivity index (χ2v) is 3.13. The quantitative estimate of drug-likeness (QED) is 0.752. The molecular formula is C11H12O5. The summed E-state index contributed by atoms with van der Waals surface area (Å²) < 4.78 is 10.0. The molecule has 0 heterocycles. The van der Waals surface area contributed by atoms with Crippen LogP contribution >= 0.6 is 0 Å². The molecule has 0 aliphatic rings. The molecule has 16 heavy (non-hydrogen) atoms. The number of ether oxygens (including phenoxy) is 2. The van der Waals surface area contributed by atoms with Gasteiger partial charge in [0.15, 0.2) is 0 Å². The number of carboxylic acid groups (broad SMARTS) is 1. The van der Waals surface area contributed by atoms with Gasteiger partial charge in [-0.15, -0.1) is 0 Å². The molecule has 0 saturated heterocycles.